The smallest absolute Gasteiger partial charge is 0.257 e. The van der Waals surface area contributed by atoms with E-state index in [1.807, 2.05) is 30.3 Å². The summed E-state index contributed by atoms with van der Waals surface area (Å²) in [5.41, 5.74) is 0.893. The second-order valence-corrected chi connectivity index (χ2v) is 5.51. The molecule has 0 fully saturated rings. The van der Waals surface area contributed by atoms with Crippen LogP contribution in [0.2, 0.25) is 5.02 Å². The van der Waals surface area contributed by atoms with Crippen molar-refractivity contribution in [1.82, 2.24) is 4.98 Å². The van der Waals surface area contributed by atoms with Crippen molar-refractivity contribution in [3.05, 3.63) is 77.4 Å². The molecule has 3 aromatic rings. The first-order chi connectivity index (χ1) is 12.2. The highest BCUT2D eigenvalue weighted by molar-refractivity contribution is 6.34. The third-order valence-electron chi connectivity index (χ3n) is 3.39. The molecule has 1 amide bonds. The molecule has 0 saturated heterocycles. The van der Waals surface area contributed by atoms with Gasteiger partial charge < -0.3 is 14.8 Å². The molecule has 0 aliphatic heterocycles. The number of amides is 1. The Kier molecular flexibility index (Phi) is 5.16. The number of methoxy groups -OCH3 is 1. The van der Waals surface area contributed by atoms with Crippen LogP contribution >= 0.6 is 11.6 Å². The molecule has 0 saturated carbocycles. The van der Waals surface area contributed by atoms with Crippen LogP contribution in [0, 0.1) is 0 Å². The quantitative estimate of drug-likeness (QED) is 0.715. The summed E-state index contributed by atoms with van der Waals surface area (Å²) in [4.78, 5) is 16.5. The summed E-state index contributed by atoms with van der Waals surface area (Å²) in [7, 11) is 1.55. The van der Waals surface area contributed by atoms with Crippen molar-refractivity contribution in [1.29, 1.82) is 0 Å². The molecule has 0 bridgehead atoms. The zero-order valence-electron chi connectivity index (χ0n) is 13.4. The van der Waals surface area contributed by atoms with Crippen LogP contribution in [0.1, 0.15) is 10.4 Å². The lowest BCUT2D eigenvalue weighted by Gasteiger charge is -2.09. The largest absolute Gasteiger partial charge is 0.497 e. The highest BCUT2D eigenvalue weighted by Crippen LogP contribution is 2.27. The molecule has 6 heteroatoms. The van der Waals surface area contributed by atoms with Gasteiger partial charge in [0.1, 0.15) is 11.5 Å². The fourth-order valence-corrected chi connectivity index (χ4v) is 2.32. The highest BCUT2D eigenvalue weighted by atomic mass is 35.5. The van der Waals surface area contributed by atoms with E-state index >= 15 is 0 Å². The molecule has 0 unspecified atom stereocenters. The Morgan fingerprint density at radius 1 is 1.04 bits per heavy atom. The van der Waals surface area contributed by atoms with Crippen LogP contribution in [0.5, 0.6) is 17.4 Å². The normalized spacial score (nSPS) is 10.2. The van der Waals surface area contributed by atoms with Crippen LogP contribution in [0.25, 0.3) is 0 Å². The summed E-state index contributed by atoms with van der Waals surface area (Å²) in [6.45, 7) is 0. The van der Waals surface area contributed by atoms with Crippen molar-refractivity contribution in [3.63, 3.8) is 0 Å². The number of ether oxygens (including phenoxy) is 2. The molecule has 1 aromatic heterocycles. The van der Waals surface area contributed by atoms with Gasteiger partial charge in [-0.25, -0.2) is 4.98 Å². The molecular weight excluding hydrogens is 340 g/mol. The minimum Gasteiger partial charge on any atom is -0.497 e. The lowest BCUT2D eigenvalue weighted by molar-refractivity contribution is 0.102. The number of hydrogen-bond donors (Lipinski definition) is 1. The first kappa shape index (κ1) is 16.8. The van der Waals surface area contributed by atoms with Crippen molar-refractivity contribution >= 4 is 23.2 Å². The second-order valence-electron chi connectivity index (χ2n) is 5.10. The summed E-state index contributed by atoms with van der Waals surface area (Å²) in [5, 5.41) is 3.13. The van der Waals surface area contributed by atoms with Gasteiger partial charge in [-0.3, -0.25) is 4.79 Å². The number of pyridine rings is 1. The molecular formula is C19H15ClN2O3. The van der Waals surface area contributed by atoms with E-state index in [4.69, 9.17) is 21.1 Å². The molecule has 0 aliphatic carbocycles. The summed E-state index contributed by atoms with van der Waals surface area (Å²) in [5.74, 6) is 1.39. The van der Waals surface area contributed by atoms with Crippen LogP contribution in [-0.2, 0) is 0 Å². The van der Waals surface area contributed by atoms with Gasteiger partial charge >= 0.3 is 0 Å². The molecule has 0 radical (unpaired) electrons. The first-order valence-electron chi connectivity index (χ1n) is 7.49. The number of rotatable bonds is 5. The minimum atomic E-state index is -0.314. The second kappa shape index (κ2) is 7.68. The molecule has 5 nitrogen and oxygen atoms in total. The summed E-state index contributed by atoms with van der Waals surface area (Å²) < 4.78 is 10.7. The monoisotopic (exact) mass is 354 g/mol. The van der Waals surface area contributed by atoms with Gasteiger partial charge in [-0.05, 0) is 30.3 Å². The van der Waals surface area contributed by atoms with Crippen molar-refractivity contribution in [2.75, 3.05) is 12.4 Å². The van der Waals surface area contributed by atoms with Crippen LogP contribution in [0.4, 0.5) is 5.69 Å². The van der Waals surface area contributed by atoms with E-state index in [1.165, 1.54) is 6.20 Å². The lowest BCUT2D eigenvalue weighted by atomic mass is 10.2. The number of halogens is 1. The van der Waals surface area contributed by atoms with E-state index in [0.29, 0.717) is 33.7 Å². The average Bonchev–Trinajstić information content (AvgIpc) is 2.64. The summed E-state index contributed by atoms with van der Waals surface area (Å²) in [6, 6.07) is 17.6. The van der Waals surface area contributed by atoms with Gasteiger partial charge in [-0.1, -0.05) is 29.8 Å². The third-order valence-corrected chi connectivity index (χ3v) is 3.70. The predicted octanol–water partition coefficient (Wildman–Crippen LogP) is 4.79. The van der Waals surface area contributed by atoms with Gasteiger partial charge in [0.2, 0.25) is 5.88 Å². The third kappa shape index (κ3) is 4.28. The standard InChI is InChI=1S/C19H15ClN2O3/c1-24-15-8-9-17(16(20)11-15)22-19(23)13-7-10-18(21-12-13)25-14-5-3-2-4-6-14/h2-12H,1H3,(H,22,23). The van der Waals surface area contributed by atoms with Crippen LogP contribution in [-0.4, -0.2) is 18.0 Å². The Labute approximate surface area is 150 Å². The number of nitrogens with one attached hydrogen (secondary N) is 1. The van der Waals surface area contributed by atoms with Crippen LogP contribution < -0.4 is 14.8 Å². The van der Waals surface area contributed by atoms with Gasteiger partial charge in [0.15, 0.2) is 0 Å². The maximum Gasteiger partial charge on any atom is 0.257 e. The summed E-state index contributed by atoms with van der Waals surface area (Å²) >= 11 is 6.12. The Morgan fingerprint density at radius 3 is 2.48 bits per heavy atom. The predicted molar refractivity (Wildman–Crippen MR) is 96.7 cm³/mol. The number of hydrogen-bond acceptors (Lipinski definition) is 4. The van der Waals surface area contributed by atoms with Crippen molar-refractivity contribution in [2.24, 2.45) is 0 Å². The molecule has 25 heavy (non-hydrogen) atoms. The zero-order chi connectivity index (χ0) is 17.6. The molecule has 126 valence electrons. The summed E-state index contributed by atoms with van der Waals surface area (Å²) in [6.07, 6.45) is 1.45. The molecule has 2 aromatic carbocycles. The Balaban J connectivity index is 1.68. The van der Waals surface area contributed by atoms with E-state index in [1.54, 1.807) is 37.4 Å². The van der Waals surface area contributed by atoms with Gasteiger partial charge in [0, 0.05) is 18.3 Å². The zero-order valence-corrected chi connectivity index (χ0v) is 14.2. The number of benzene rings is 2. The molecule has 1 N–H and O–H groups in total. The Morgan fingerprint density at radius 2 is 1.84 bits per heavy atom. The SMILES string of the molecule is COc1ccc(NC(=O)c2ccc(Oc3ccccc3)nc2)c(Cl)c1. The Hall–Kier alpha value is -3.05. The van der Waals surface area contributed by atoms with Gasteiger partial charge in [-0.2, -0.15) is 0 Å². The fourth-order valence-electron chi connectivity index (χ4n) is 2.10. The number of anilines is 1. The number of para-hydroxylation sites is 1. The number of carbonyl (C=O) groups excluding carboxylic acids is 1. The van der Waals surface area contributed by atoms with E-state index in [-0.39, 0.29) is 5.91 Å². The average molecular weight is 355 g/mol. The van der Waals surface area contributed by atoms with Crippen LogP contribution in [0.15, 0.2) is 66.9 Å². The van der Waals surface area contributed by atoms with E-state index in [9.17, 15) is 4.79 Å². The van der Waals surface area contributed by atoms with Crippen molar-refractivity contribution in [2.45, 2.75) is 0 Å². The topological polar surface area (TPSA) is 60.5 Å². The lowest BCUT2D eigenvalue weighted by Crippen LogP contribution is -2.12. The van der Waals surface area contributed by atoms with Crippen LogP contribution in [0.3, 0.4) is 0 Å². The number of aromatic nitrogens is 1. The van der Waals surface area contributed by atoms with Gasteiger partial charge in [0.25, 0.3) is 5.91 Å². The fraction of sp³-hybridized carbons (Fsp3) is 0.0526. The van der Waals surface area contributed by atoms with Gasteiger partial charge in [-0.15, -0.1) is 0 Å². The van der Waals surface area contributed by atoms with Gasteiger partial charge in [0.05, 0.1) is 23.4 Å². The van der Waals surface area contributed by atoms with E-state index < -0.39 is 0 Å². The van der Waals surface area contributed by atoms with E-state index in [2.05, 4.69) is 10.3 Å². The number of carbonyl (C=O) groups is 1. The van der Waals surface area contributed by atoms with Crippen molar-refractivity contribution in [3.8, 4) is 17.4 Å². The van der Waals surface area contributed by atoms with Crippen molar-refractivity contribution < 1.29 is 14.3 Å². The molecule has 0 atom stereocenters. The first-order valence-corrected chi connectivity index (χ1v) is 7.87. The maximum atomic E-state index is 12.3. The minimum absolute atomic E-state index is 0.314. The van der Waals surface area contributed by atoms with E-state index in [0.717, 1.165) is 0 Å². The molecule has 0 aliphatic rings. The molecule has 0 spiro atoms. The Bertz CT molecular complexity index is 868. The molecule has 1 heterocycles. The maximum absolute atomic E-state index is 12.3. The highest BCUT2D eigenvalue weighted by Gasteiger charge is 2.10. The molecule has 3 rings (SSSR count). The number of nitrogens with zero attached hydrogens (tertiary/aromatic N) is 1.